The van der Waals surface area contributed by atoms with Gasteiger partial charge in [-0.1, -0.05) is 37.3 Å². The maximum absolute atomic E-state index is 12.8. The fourth-order valence-corrected chi connectivity index (χ4v) is 3.69. The smallest absolute Gasteiger partial charge is 0.207 e. The molecule has 22 heavy (non-hydrogen) atoms. The van der Waals surface area contributed by atoms with Crippen molar-refractivity contribution in [2.75, 3.05) is 6.54 Å². The highest BCUT2D eigenvalue weighted by molar-refractivity contribution is 7.89. The summed E-state index contributed by atoms with van der Waals surface area (Å²) in [6.07, 6.45) is 0.738. The van der Waals surface area contributed by atoms with Crippen molar-refractivity contribution in [1.29, 1.82) is 5.26 Å². The van der Waals surface area contributed by atoms with Gasteiger partial charge in [0.2, 0.25) is 10.0 Å². The SMILES string of the molecule is CCCN(Cc1ccccc1)S(=O)(=O)c1ccc(C#N)cc1. The first-order valence-electron chi connectivity index (χ1n) is 7.12. The lowest BCUT2D eigenvalue weighted by atomic mass is 10.2. The molecule has 0 N–H and O–H groups in total. The van der Waals surface area contributed by atoms with E-state index in [9.17, 15) is 8.42 Å². The van der Waals surface area contributed by atoms with E-state index in [1.54, 1.807) is 0 Å². The molecule has 0 amide bonds. The Morgan fingerprint density at radius 2 is 1.68 bits per heavy atom. The summed E-state index contributed by atoms with van der Waals surface area (Å²) < 4.78 is 27.0. The minimum Gasteiger partial charge on any atom is -0.207 e. The highest BCUT2D eigenvalue weighted by Crippen LogP contribution is 2.19. The molecule has 0 aliphatic rings. The van der Waals surface area contributed by atoms with E-state index in [0.29, 0.717) is 18.7 Å². The van der Waals surface area contributed by atoms with E-state index in [1.807, 2.05) is 43.3 Å². The molecule has 0 aliphatic heterocycles. The molecule has 2 aromatic rings. The topological polar surface area (TPSA) is 61.2 Å². The van der Waals surface area contributed by atoms with Crippen LogP contribution in [0.25, 0.3) is 0 Å². The Balaban J connectivity index is 2.31. The van der Waals surface area contributed by atoms with Crippen molar-refractivity contribution in [2.45, 2.75) is 24.8 Å². The number of hydrogen-bond acceptors (Lipinski definition) is 3. The molecule has 0 atom stereocenters. The van der Waals surface area contributed by atoms with Gasteiger partial charge in [0, 0.05) is 13.1 Å². The molecule has 4 nitrogen and oxygen atoms in total. The number of nitriles is 1. The molecule has 2 aromatic carbocycles. The van der Waals surface area contributed by atoms with Crippen molar-refractivity contribution >= 4 is 10.0 Å². The first-order valence-corrected chi connectivity index (χ1v) is 8.56. The zero-order chi connectivity index (χ0) is 16.0. The first-order chi connectivity index (χ1) is 10.6. The fraction of sp³-hybridized carbons (Fsp3) is 0.235. The Kier molecular flexibility index (Phi) is 5.31. The molecule has 0 saturated heterocycles. The maximum atomic E-state index is 12.8. The number of rotatable bonds is 6. The summed E-state index contributed by atoms with van der Waals surface area (Å²) in [4.78, 5) is 0.218. The van der Waals surface area contributed by atoms with Crippen LogP contribution in [0.15, 0.2) is 59.5 Å². The van der Waals surface area contributed by atoms with Gasteiger partial charge in [0.15, 0.2) is 0 Å². The Bertz CT molecular complexity index is 747. The first kappa shape index (κ1) is 16.2. The zero-order valence-corrected chi connectivity index (χ0v) is 13.3. The lowest BCUT2D eigenvalue weighted by Gasteiger charge is -2.21. The lowest BCUT2D eigenvalue weighted by molar-refractivity contribution is 0.405. The van der Waals surface area contributed by atoms with Crippen molar-refractivity contribution < 1.29 is 8.42 Å². The molecular formula is C17H18N2O2S. The van der Waals surface area contributed by atoms with Crippen LogP contribution in [0.4, 0.5) is 0 Å². The molecule has 0 heterocycles. The van der Waals surface area contributed by atoms with Crippen LogP contribution in [-0.4, -0.2) is 19.3 Å². The van der Waals surface area contributed by atoms with Gasteiger partial charge in [0.25, 0.3) is 0 Å². The fourth-order valence-electron chi connectivity index (χ4n) is 2.17. The van der Waals surface area contributed by atoms with Crippen molar-refractivity contribution in [1.82, 2.24) is 4.31 Å². The summed E-state index contributed by atoms with van der Waals surface area (Å²) in [5.41, 5.74) is 1.40. The molecular weight excluding hydrogens is 296 g/mol. The molecule has 114 valence electrons. The minimum atomic E-state index is -3.56. The number of hydrogen-bond donors (Lipinski definition) is 0. The van der Waals surface area contributed by atoms with Gasteiger partial charge in [0.05, 0.1) is 16.5 Å². The van der Waals surface area contributed by atoms with Gasteiger partial charge in [0.1, 0.15) is 0 Å². The van der Waals surface area contributed by atoms with Crippen LogP contribution in [0.5, 0.6) is 0 Å². The normalized spacial score (nSPS) is 11.3. The summed E-state index contributed by atoms with van der Waals surface area (Å²) in [5.74, 6) is 0. The average Bonchev–Trinajstić information content (AvgIpc) is 2.55. The molecule has 0 saturated carbocycles. The second-order valence-electron chi connectivity index (χ2n) is 4.96. The summed E-state index contributed by atoms with van der Waals surface area (Å²) in [5, 5.41) is 8.81. The van der Waals surface area contributed by atoms with Gasteiger partial charge in [-0.15, -0.1) is 0 Å². The van der Waals surface area contributed by atoms with Crippen LogP contribution in [0, 0.1) is 11.3 Å². The van der Waals surface area contributed by atoms with E-state index >= 15 is 0 Å². The predicted molar refractivity (Wildman–Crippen MR) is 85.5 cm³/mol. The van der Waals surface area contributed by atoms with E-state index in [-0.39, 0.29) is 4.90 Å². The minimum absolute atomic E-state index is 0.218. The summed E-state index contributed by atoms with van der Waals surface area (Å²) in [6.45, 7) is 2.75. The molecule has 2 rings (SSSR count). The van der Waals surface area contributed by atoms with E-state index in [0.717, 1.165) is 12.0 Å². The lowest BCUT2D eigenvalue weighted by Crippen LogP contribution is -2.31. The van der Waals surface area contributed by atoms with Crippen LogP contribution in [0.3, 0.4) is 0 Å². The van der Waals surface area contributed by atoms with E-state index in [4.69, 9.17) is 5.26 Å². The second-order valence-corrected chi connectivity index (χ2v) is 6.90. The van der Waals surface area contributed by atoms with Gasteiger partial charge >= 0.3 is 0 Å². The van der Waals surface area contributed by atoms with Crippen molar-refractivity contribution in [3.05, 3.63) is 65.7 Å². The Morgan fingerprint density at radius 3 is 2.23 bits per heavy atom. The van der Waals surface area contributed by atoms with Gasteiger partial charge < -0.3 is 0 Å². The third-order valence-corrected chi connectivity index (χ3v) is 5.16. The summed E-state index contributed by atoms with van der Waals surface area (Å²) >= 11 is 0. The molecule has 0 fully saturated rings. The average molecular weight is 314 g/mol. The van der Waals surface area contributed by atoms with Crippen molar-refractivity contribution in [3.63, 3.8) is 0 Å². The molecule has 0 spiro atoms. The molecule has 0 bridgehead atoms. The van der Waals surface area contributed by atoms with E-state index < -0.39 is 10.0 Å². The maximum Gasteiger partial charge on any atom is 0.243 e. The number of sulfonamides is 1. The summed E-state index contributed by atoms with van der Waals surface area (Å²) in [6, 6.07) is 17.5. The Labute approximate surface area is 131 Å². The van der Waals surface area contributed by atoms with Crippen LogP contribution < -0.4 is 0 Å². The summed E-state index contributed by atoms with van der Waals surface area (Å²) in [7, 11) is -3.56. The highest BCUT2D eigenvalue weighted by atomic mass is 32.2. The monoisotopic (exact) mass is 314 g/mol. The predicted octanol–water partition coefficient (Wildman–Crippen LogP) is 3.16. The quantitative estimate of drug-likeness (QED) is 0.823. The Morgan fingerprint density at radius 1 is 1.05 bits per heavy atom. The number of benzene rings is 2. The van der Waals surface area contributed by atoms with Gasteiger partial charge in [-0.2, -0.15) is 9.57 Å². The van der Waals surface area contributed by atoms with Gasteiger partial charge in [-0.05, 0) is 36.2 Å². The second kappa shape index (κ2) is 7.21. The standard InChI is InChI=1S/C17H18N2O2S/c1-2-12-19(14-16-6-4-3-5-7-16)22(20,21)17-10-8-15(13-18)9-11-17/h3-11H,2,12,14H2,1H3. The van der Waals surface area contributed by atoms with E-state index in [2.05, 4.69) is 0 Å². The van der Waals surface area contributed by atoms with Crippen LogP contribution in [0.2, 0.25) is 0 Å². The van der Waals surface area contributed by atoms with Crippen LogP contribution in [0.1, 0.15) is 24.5 Å². The van der Waals surface area contributed by atoms with Crippen LogP contribution in [-0.2, 0) is 16.6 Å². The largest absolute Gasteiger partial charge is 0.243 e. The van der Waals surface area contributed by atoms with Gasteiger partial charge in [-0.3, -0.25) is 0 Å². The van der Waals surface area contributed by atoms with Crippen molar-refractivity contribution in [3.8, 4) is 6.07 Å². The van der Waals surface area contributed by atoms with Gasteiger partial charge in [-0.25, -0.2) is 8.42 Å². The highest BCUT2D eigenvalue weighted by Gasteiger charge is 2.23. The molecule has 0 unspecified atom stereocenters. The third-order valence-electron chi connectivity index (χ3n) is 3.30. The molecule has 0 aromatic heterocycles. The van der Waals surface area contributed by atoms with Crippen LogP contribution >= 0.6 is 0 Å². The Hall–Kier alpha value is -2.16. The third kappa shape index (κ3) is 3.73. The molecule has 0 radical (unpaired) electrons. The van der Waals surface area contributed by atoms with Crippen molar-refractivity contribution in [2.24, 2.45) is 0 Å². The van der Waals surface area contributed by atoms with E-state index in [1.165, 1.54) is 28.6 Å². The molecule has 5 heteroatoms. The number of nitrogens with zero attached hydrogens (tertiary/aromatic N) is 2. The molecule has 0 aliphatic carbocycles. The zero-order valence-electron chi connectivity index (χ0n) is 12.4.